The van der Waals surface area contributed by atoms with Crippen molar-refractivity contribution in [2.45, 2.75) is 77.0 Å². The number of carboxylic acid groups (broad SMARTS) is 1. The van der Waals surface area contributed by atoms with Crippen molar-refractivity contribution in [3.8, 4) is 0 Å². The Morgan fingerprint density at radius 1 is 0.840 bits per heavy atom. The van der Waals surface area contributed by atoms with Gasteiger partial charge in [0.1, 0.15) is 0 Å². The molecule has 8 atom stereocenters. The second kappa shape index (κ2) is 6.13. The summed E-state index contributed by atoms with van der Waals surface area (Å²) in [6.45, 7) is 0. The third-order valence-corrected chi connectivity index (χ3v) is 9.42. The van der Waals surface area contributed by atoms with E-state index in [9.17, 15) is 9.90 Å². The summed E-state index contributed by atoms with van der Waals surface area (Å²) in [6, 6.07) is 0. The maximum absolute atomic E-state index is 12.2. The van der Waals surface area contributed by atoms with Gasteiger partial charge in [0, 0.05) is 0 Å². The van der Waals surface area contributed by atoms with Gasteiger partial charge in [0.05, 0.1) is 5.41 Å². The molecule has 0 aromatic rings. The minimum absolute atomic E-state index is 0.353. The van der Waals surface area contributed by atoms with E-state index in [1.807, 2.05) is 0 Å². The average Bonchev–Trinajstić information content (AvgIpc) is 2.66. The Kier molecular flexibility index (Phi) is 4.02. The summed E-state index contributed by atoms with van der Waals surface area (Å²) in [6.07, 6.45) is 20.1. The highest BCUT2D eigenvalue weighted by atomic mass is 16.4. The lowest BCUT2D eigenvalue weighted by Gasteiger charge is -2.59. The molecule has 0 aromatic carbocycles. The minimum Gasteiger partial charge on any atom is -0.481 e. The van der Waals surface area contributed by atoms with E-state index >= 15 is 0 Å². The van der Waals surface area contributed by atoms with Crippen molar-refractivity contribution < 1.29 is 9.90 Å². The smallest absolute Gasteiger partial charge is 0.309 e. The van der Waals surface area contributed by atoms with Gasteiger partial charge < -0.3 is 5.11 Å². The molecule has 5 aliphatic rings. The Morgan fingerprint density at radius 2 is 1.64 bits per heavy atom. The molecule has 0 aliphatic heterocycles. The van der Waals surface area contributed by atoms with Crippen LogP contribution in [0.1, 0.15) is 77.0 Å². The van der Waals surface area contributed by atoms with E-state index < -0.39 is 5.97 Å². The summed E-state index contributed by atoms with van der Waals surface area (Å²) in [5, 5.41) is 10.1. The van der Waals surface area contributed by atoms with Gasteiger partial charge in [-0.1, -0.05) is 25.0 Å². The zero-order valence-corrected chi connectivity index (χ0v) is 15.5. The van der Waals surface area contributed by atoms with E-state index in [1.54, 1.807) is 0 Å². The van der Waals surface area contributed by atoms with Gasteiger partial charge in [0.25, 0.3) is 0 Å². The van der Waals surface area contributed by atoms with E-state index in [0.29, 0.717) is 5.92 Å². The highest BCUT2D eigenvalue weighted by Crippen LogP contribution is 2.63. The summed E-state index contributed by atoms with van der Waals surface area (Å²) in [4.78, 5) is 12.2. The molecule has 0 spiro atoms. The van der Waals surface area contributed by atoms with Crippen LogP contribution in [0.25, 0.3) is 0 Å². The van der Waals surface area contributed by atoms with Crippen molar-refractivity contribution in [2.75, 3.05) is 0 Å². The maximum atomic E-state index is 12.2. The highest BCUT2D eigenvalue weighted by Gasteiger charge is 2.58. The van der Waals surface area contributed by atoms with Gasteiger partial charge in [-0.15, -0.1) is 0 Å². The van der Waals surface area contributed by atoms with E-state index in [1.165, 1.54) is 57.8 Å². The largest absolute Gasteiger partial charge is 0.481 e. The van der Waals surface area contributed by atoms with Gasteiger partial charge in [0.2, 0.25) is 0 Å². The number of carbonyl (C=O) groups is 1. The Balaban J connectivity index is 1.42. The van der Waals surface area contributed by atoms with Gasteiger partial charge in [-0.3, -0.25) is 4.79 Å². The van der Waals surface area contributed by atoms with Gasteiger partial charge >= 0.3 is 5.97 Å². The van der Waals surface area contributed by atoms with Crippen LogP contribution in [0, 0.1) is 46.8 Å². The zero-order valence-electron chi connectivity index (χ0n) is 15.5. The third kappa shape index (κ3) is 2.38. The monoisotopic (exact) mass is 342 g/mol. The molecule has 2 heteroatoms. The Hall–Kier alpha value is -0.790. The average molecular weight is 343 g/mol. The predicted octanol–water partition coefficient (Wildman–Crippen LogP) is 5.68. The summed E-state index contributed by atoms with van der Waals surface area (Å²) in [5.41, 5.74) is -0.353. The fourth-order valence-electron chi connectivity index (χ4n) is 8.43. The lowest BCUT2D eigenvalue weighted by Crippen LogP contribution is -2.54. The Morgan fingerprint density at radius 3 is 2.52 bits per heavy atom. The van der Waals surface area contributed by atoms with Crippen LogP contribution in [-0.2, 0) is 4.79 Å². The summed E-state index contributed by atoms with van der Waals surface area (Å²) in [5.74, 6) is 5.20. The second-order valence-electron chi connectivity index (χ2n) is 10.0. The molecule has 0 amide bonds. The van der Waals surface area contributed by atoms with Crippen LogP contribution < -0.4 is 0 Å². The molecule has 0 heterocycles. The fraction of sp³-hybridized carbons (Fsp3) is 0.870. The summed E-state index contributed by atoms with van der Waals surface area (Å²) < 4.78 is 0. The second-order valence-corrected chi connectivity index (χ2v) is 10.0. The first kappa shape index (κ1) is 16.4. The predicted molar refractivity (Wildman–Crippen MR) is 99.0 cm³/mol. The quantitative estimate of drug-likeness (QED) is 0.623. The fourth-order valence-corrected chi connectivity index (χ4v) is 8.43. The first-order valence-electron chi connectivity index (χ1n) is 11.1. The van der Waals surface area contributed by atoms with Crippen LogP contribution in [0.15, 0.2) is 12.2 Å². The number of allylic oxidation sites excluding steroid dienone is 2. The number of carboxylic acids is 1. The molecule has 138 valence electrons. The van der Waals surface area contributed by atoms with Gasteiger partial charge in [0.15, 0.2) is 0 Å². The van der Waals surface area contributed by atoms with Gasteiger partial charge in [-0.2, -0.15) is 0 Å². The highest BCUT2D eigenvalue weighted by molar-refractivity contribution is 5.75. The van der Waals surface area contributed by atoms with Crippen LogP contribution in [0.4, 0.5) is 0 Å². The molecule has 25 heavy (non-hydrogen) atoms. The summed E-state index contributed by atoms with van der Waals surface area (Å²) in [7, 11) is 0. The molecule has 0 aromatic heterocycles. The zero-order chi connectivity index (χ0) is 17.0. The van der Waals surface area contributed by atoms with Crippen molar-refractivity contribution in [1.29, 1.82) is 0 Å². The lowest BCUT2D eigenvalue weighted by molar-refractivity contribution is -0.170. The number of rotatable bonds is 1. The number of aliphatic carboxylic acids is 1. The Bertz CT molecular complexity index is 566. The number of fused-ring (bicyclic) bond motifs is 7. The SMILES string of the molecule is O=C(O)C12CCCCC1C1CCC3C4C=CCCC4CCC3C1CC2. The molecule has 1 N–H and O–H groups in total. The van der Waals surface area contributed by atoms with E-state index in [-0.39, 0.29) is 5.41 Å². The van der Waals surface area contributed by atoms with Crippen LogP contribution in [0.2, 0.25) is 0 Å². The van der Waals surface area contributed by atoms with Gasteiger partial charge in [-0.05, 0) is 106 Å². The molecule has 5 rings (SSSR count). The standard InChI is InChI=1S/C23H34O2/c24-22(25)23-13-4-3-7-21(23)20-11-10-17-16-6-2-1-5-15(16)8-9-18(17)19(20)12-14-23/h2,6,15-21H,1,3-5,7-14H2,(H,24,25). The molecule has 0 bridgehead atoms. The molecular formula is C23H34O2. The lowest BCUT2D eigenvalue weighted by atomic mass is 9.45. The normalized spacial score (nSPS) is 51.6. The van der Waals surface area contributed by atoms with Crippen molar-refractivity contribution >= 4 is 5.97 Å². The molecule has 0 saturated heterocycles. The molecule has 5 aliphatic carbocycles. The number of hydrogen-bond donors (Lipinski definition) is 1. The first-order chi connectivity index (χ1) is 12.2. The molecule has 0 radical (unpaired) electrons. The van der Waals surface area contributed by atoms with Crippen LogP contribution in [0.5, 0.6) is 0 Å². The molecular weight excluding hydrogens is 308 g/mol. The topological polar surface area (TPSA) is 37.3 Å². The molecule has 4 fully saturated rings. The van der Waals surface area contributed by atoms with Crippen molar-refractivity contribution in [2.24, 2.45) is 46.8 Å². The van der Waals surface area contributed by atoms with E-state index in [0.717, 1.165) is 54.8 Å². The molecule has 4 saturated carbocycles. The van der Waals surface area contributed by atoms with Crippen molar-refractivity contribution in [3.05, 3.63) is 12.2 Å². The first-order valence-corrected chi connectivity index (χ1v) is 11.1. The van der Waals surface area contributed by atoms with E-state index in [2.05, 4.69) is 12.2 Å². The van der Waals surface area contributed by atoms with Crippen LogP contribution >= 0.6 is 0 Å². The number of hydrogen-bond acceptors (Lipinski definition) is 1. The van der Waals surface area contributed by atoms with Gasteiger partial charge in [-0.25, -0.2) is 0 Å². The van der Waals surface area contributed by atoms with E-state index in [4.69, 9.17) is 0 Å². The van der Waals surface area contributed by atoms with Crippen molar-refractivity contribution in [3.63, 3.8) is 0 Å². The maximum Gasteiger partial charge on any atom is 0.309 e. The molecule has 8 unspecified atom stereocenters. The Labute approximate surface area is 152 Å². The molecule has 2 nitrogen and oxygen atoms in total. The van der Waals surface area contributed by atoms with Crippen LogP contribution in [-0.4, -0.2) is 11.1 Å². The third-order valence-electron chi connectivity index (χ3n) is 9.42. The summed E-state index contributed by atoms with van der Waals surface area (Å²) >= 11 is 0. The minimum atomic E-state index is -0.461. The van der Waals surface area contributed by atoms with Crippen LogP contribution in [0.3, 0.4) is 0 Å². The van der Waals surface area contributed by atoms with Crippen molar-refractivity contribution in [1.82, 2.24) is 0 Å².